The van der Waals surface area contributed by atoms with E-state index in [-0.39, 0.29) is 5.56 Å². The first kappa shape index (κ1) is 12.7. The highest BCUT2D eigenvalue weighted by molar-refractivity contribution is 5.94. The van der Waals surface area contributed by atoms with Crippen molar-refractivity contribution >= 4 is 10.9 Å². The van der Waals surface area contributed by atoms with E-state index in [1.807, 2.05) is 25.5 Å². The molecule has 0 atom stereocenters. The van der Waals surface area contributed by atoms with Gasteiger partial charge in [-0.25, -0.2) is 0 Å². The fourth-order valence-corrected chi connectivity index (χ4v) is 2.51. The lowest BCUT2D eigenvalue weighted by molar-refractivity contribution is 0.818. The van der Waals surface area contributed by atoms with E-state index in [0.29, 0.717) is 5.52 Å². The molecule has 0 aliphatic rings. The lowest BCUT2D eigenvalue weighted by Gasteiger charge is -2.08. The minimum atomic E-state index is 0.000512. The summed E-state index contributed by atoms with van der Waals surface area (Å²) in [6.07, 6.45) is 3.70. The van der Waals surface area contributed by atoms with Crippen LogP contribution in [0.1, 0.15) is 5.56 Å². The van der Waals surface area contributed by atoms with Crippen LogP contribution < -0.4 is 10.9 Å². The van der Waals surface area contributed by atoms with Crippen molar-refractivity contribution in [2.45, 2.75) is 6.54 Å². The minimum absolute atomic E-state index is 0.000512. The number of nitrogens with one attached hydrogen (secondary N) is 2. The Hall–Kier alpha value is -2.33. The summed E-state index contributed by atoms with van der Waals surface area (Å²) in [5, 5.41) is 4.10. The van der Waals surface area contributed by atoms with Gasteiger partial charge in [-0.3, -0.25) is 4.79 Å². The van der Waals surface area contributed by atoms with Gasteiger partial charge in [-0.1, -0.05) is 24.3 Å². The van der Waals surface area contributed by atoms with Gasteiger partial charge in [0, 0.05) is 36.9 Å². The lowest BCUT2D eigenvalue weighted by atomic mass is 10.0. The van der Waals surface area contributed by atoms with Gasteiger partial charge in [-0.15, -0.1) is 0 Å². The first-order valence-electron chi connectivity index (χ1n) is 6.61. The van der Waals surface area contributed by atoms with Crippen LogP contribution in [-0.4, -0.2) is 16.6 Å². The molecule has 0 fully saturated rings. The molecule has 0 radical (unpaired) electrons. The Morgan fingerprint density at radius 2 is 1.95 bits per heavy atom. The van der Waals surface area contributed by atoms with Crippen LogP contribution in [0.15, 0.2) is 47.5 Å². The summed E-state index contributed by atoms with van der Waals surface area (Å²) in [4.78, 5) is 15.1. The Morgan fingerprint density at radius 3 is 2.65 bits per heavy atom. The number of nitrogens with zero attached hydrogens (tertiary/aromatic N) is 1. The summed E-state index contributed by atoms with van der Waals surface area (Å²) >= 11 is 0. The monoisotopic (exact) mass is 267 g/mol. The molecule has 0 unspecified atom stereocenters. The van der Waals surface area contributed by atoms with Gasteiger partial charge in [0.15, 0.2) is 0 Å². The molecule has 0 aliphatic heterocycles. The SMILES string of the molecule is CNCc1ccc(-c2cn(C)c(=O)c3[nH]ccc23)cc1. The molecule has 2 heterocycles. The van der Waals surface area contributed by atoms with Gasteiger partial charge in [0.05, 0.1) is 0 Å². The smallest absolute Gasteiger partial charge is 0.274 e. The minimum Gasteiger partial charge on any atom is -0.357 e. The van der Waals surface area contributed by atoms with Gasteiger partial charge in [0.2, 0.25) is 0 Å². The maximum atomic E-state index is 12.0. The third kappa shape index (κ3) is 2.04. The summed E-state index contributed by atoms with van der Waals surface area (Å²) in [5.74, 6) is 0. The number of H-pyrrole nitrogens is 1. The molecule has 1 aromatic carbocycles. The fourth-order valence-electron chi connectivity index (χ4n) is 2.51. The van der Waals surface area contributed by atoms with E-state index in [1.165, 1.54) is 5.56 Å². The van der Waals surface area contributed by atoms with Gasteiger partial charge in [0.1, 0.15) is 5.52 Å². The van der Waals surface area contributed by atoms with Gasteiger partial charge in [-0.05, 0) is 24.2 Å². The molecule has 3 aromatic rings. The Labute approximate surface area is 117 Å². The third-order valence-electron chi connectivity index (χ3n) is 3.54. The quantitative estimate of drug-likeness (QED) is 0.764. The number of rotatable bonds is 3. The van der Waals surface area contributed by atoms with Crippen LogP contribution in [0, 0.1) is 0 Å². The zero-order chi connectivity index (χ0) is 14.1. The number of hydrogen-bond donors (Lipinski definition) is 2. The maximum absolute atomic E-state index is 12.0. The molecule has 3 rings (SSSR count). The molecule has 4 nitrogen and oxygen atoms in total. The van der Waals surface area contributed by atoms with E-state index in [2.05, 4.69) is 34.6 Å². The average molecular weight is 267 g/mol. The highest BCUT2D eigenvalue weighted by Gasteiger charge is 2.09. The van der Waals surface area contributed by atoms with Crippen molar-refractivity contribution < 1.29 is 0 Å². The molecule has 0 bridgehead atoms. The Morgan fingerprint density at radius 1 is 1.20 bits per heavy atom. The summed E-state index contributed by atoms with van der Waals surface area (Å²) in [5.41, 5.74) is 4.08. The van der Waals surface area contributed by atoms with Crippen LogP contribution in [-0.2, 0) is 13.6 Å². The molecule has 20 heavy (non-hydrogen) atoms. The highest BCUT2D eigenvalue weighted by atomic mass is 16.1. The highest BCUT2D eigenvalue weighted by Crippen LogP contribution is 2.26. The first-order valence-corrected chi connectivity index (χ1v) is 6.61. The van der Waals surface area contributed by atoms with Gasteiger partial charge < -0.3 is 14.9 Å². The van der Waals surface area contributed by atoms with Crippen LogP contribution >= 0.6 is 0 Å². The van der Waals surface area contributed by atoms with Crippen molar-refractivity contribution in [3.8, 4) is 11.1 Å². The molecular formula is C16H17N3O. The molecule has 0 aliphatic carbocycles. The van der Waals surface area contributed by atoms with Crippen LogP contribution in [0.2, 0.25) is 0 Å². The number of pyridine rings is 1. The number of aromatic amines is 1. The number of aryl methyl sites for hydroxylation is 1. The first-order chi connectivity index (χ1) is 9.70. The second-order valence-electron chi connectivity index (χ2n) is 4.95. The van der Waals surface area contributed by atoms with Gasteiger partial charge in [-0.2, -0.15) is 0 Å². The topological polar surface area (TPSA) is 49.8 Å². The van der Waals surface area contributed by atoms with Crippen molar-refractivity contribution in [1.82, 2.24) is 14.9 Å². The number of benzene rings is 1. The summed E-state index contributed by atoms with van der Waals surface area (Å²) < 4.78 is 1.62. The standard InChI is InChI=1S/C16H17N3O/c1-17-9-11-3-5-12(6-4-11)14-10-19(2)16(20)15-13(14)7-8-18-15/h3-8,10,17-18H,9H2,1-2H3. The number of hydrogen-bond acceptors (Lipinski definition) is 2. The van der Waals surface area contributed by atoms with E-state index in [9.17, 15) is 4.79 Å². The second-order valence-corrected chi connectivity index (χ2v) is 4.95. The van der Waals surface area contributed by atoms with E-state index < -0.39 is 0 Å². The van der Waals surface area contributed by atoms with Gasteiger partial charge >= 0.3 is 0 Å². The van der Waals surface area contributed by atoms with Crippen molar-refractivity contribution in [1.29, 1.82) is 0 Å². The van der Waals surface area contributed by atoms with Crippen molar-refractivity contribution in [2.24, 2.45) is 7.05 Å². The van der Waals surface area contributed by atoms with E-state index in [4.69, 9.17) is 0 Å². The lowest BCUT2D eigenvalue weighted by Crippen LogP contribution is -2.16. The van der Waals surface area contributed by atoms with Crippen LogP contribution in [0.25, 0.3) is 22.0 Å². The summed E-state index contributed by atoms with van der Waals surface area (Å²) in [6.45, 7) is 0.854. The molecular weight excluding hydrogens is 250 g/mol. The van der Waals surface area contributed by atoms with E-state index in [0.717, 1.165) is 23.1 Å². The largest absolute Gasteiger partial charge is 0.357 e. The van der Waals surface area contributed by atoms with Gasteiger partial charge in [0.25, 0.3) is 5.56 Å². The maximum Gasteiger partial charge on any atom is 0.274 e. The molecule has 102 valence electrons. The van der Waals surface area contributed by atoms with Crippen molar-refractivity contribution in [3.63, 3.8) is 0 Å². The predicted octanol–water partition coefficient (Wildman–Crippen LogP) is 2.25. The number of fused-ring (bicyclic) bond motifs is 1. The zero-order valence-electron chi connectivity index (χ0n) is 11.6. The second kappa shape index (κ2) is 4.98. The fraction of sp³-hybridized carbons (Fsp3) is 0.188. The molecule has 2 aromatic heterocycles. The molecule has 0 saturated carbocycles. The van der Waals surface area contributed by atoms with E-state index in [1.54, 1.807) is 11.6 Å². The van der Waals surface area contributed by atoms with Crippen LogP contribution in [0.3, 0.4) is 0 Å². The van der Waals surface area contributed by atoms with Crippen molar-refractivity contribution in [3.05, 3.63) is 58.6 Å². The Bertz CT molecular complexity index is 797. The van der Waals surface area contributed by atoms with E-state index >= 15 is 0 Å². The molecule has 0 saturated heterocycles. The summed E-state index contributed by atoms with van der Waals surface area (Å²) in [7, 11) is 3.71. The Kier molecular flexibility index (Phi) is 3.16. The van der Waals surface area contributed by atoms with Crippen LogP contribution in [0.5, 0.6) is 0 Å². The zero-order valence-corrected chi connectivity index (χ0v) is 11.6. The predicted molar refractivity (Wildman–Crippen MR) is 81.7 cm³/mol. The Balaban J connectivity index is 2.16. The molecule has 4 heteroatoms. The molecule has 0 spiro atoms. The normalized spacial score (nSPS) is 11.1. The van der Waals surface area contributed by atoms with Crippen molar-refractivity contribution in [2.75, 3.05) is 7.05 Å². The third-order valence-corrected chi connectivity index (χ3v) is 3.54. The number of aromatic nitrogens is 2. The molecule has 0 amide bonds. The summed E-state index contributed by atoms with van der Waals surface area (Å²) in [6, 6.07) is 10.4. The van der Waals surface area contributed by atoms with Crippen LogP contribution in [0.4, 0.5) is 0 Å². The molecule has 2 N–H and O–H groups in total. The average Bonchev–Trinajstić information content (AvgIpc) is 2.94.